The number of halogens is 1. The van der Waals surface area contributed by atoms with Crippen molar-refractivity contribution in [1.29, 1.82) is 0 Å². The summed E-state index contributed by atoms with van der Waals surface area (Å²) < 4.78 is 19.3. The van der Waals surface area contributed by atoms with E-state index in [2.05, 4.69) is 15.6 Å². The molecule has 2 amide bonds. The average Bonchev–Trinajstić information content (AvgIpc) is 2.85. The van der Waals surface area contributed by atoms with E-state index in [9.17, 15) is 23.6 Å². The number of hydrogen-bond acceptors (Lipinski definition) is 6. The van der Waals surface area contributed by atoms with Crippen LogP contribution < -0.4 is 20.9 Å². The standard InChI is InChI=1S/C25H19FN4O5/c1-15(31)35-21-7-3-2-5-18(21)24(33)29-20-14-27-22-19(6-4-12-30(22)25(20)34)23(32)28-13-16-8-10-17(26)11-9-16/h2-12,14H,13H2,1H3,(H,28,32)(H,29,33). The van der Waals surface area contributed by atoms with Gasteiger partial charge in [-0.05, 0) is 42.0 Å². The maximum atomic E-state index is 13.1. The van der Waals surface area contributed by atoms with Crippen LogP contribution in [0.1, 0.15) is 33.2 Å². The van der Waals surface area contributed by atoms with E-state index in [4.69, 9.17) is 4.74 Å². The summed E-state index contributed by atoms with van der Waals surface area (Å²) >= 11 is 0. The number of fused-ring (bicyclic) bond motifs is 1. The maximum Gasteiger partial charge on any atom is 0.308 e. The fraction of sp³-hybridized carbons (Fsp3) is 0.0800. The van der Waals surface area contributed by atoms with Crippen molar-refractivity contribution >= 4 is 29.1 Å². The zero-order valence-corrected chi connectivity index (χ0v) is 18.4. The highest BCUT2D eigenvalue weighted by molar-refractivity contribution is 6.06. The molecule has 0 saturated heterocycles. The number of carbonyl (C=O) groups is 3. The van der Waals surface area contributed by atoms with Gasteiger partial charge in [-0.3, -0.25) is 23.6 Å². The number of rotatable bonds is 6. The van der Waals surface area contributed by atoms with E-state index in [0.29, 0.717) is 5.56 Å². The number of benzene rings is 2. The molecule has 0 radical (unpaired) electrons. The second kappa shape index (κ2) is 9.96. The van der Waals surface area contributed by atoms with Crippen molar-refractivity contribution in [2.24, 2.45) is 0 Å². The van der Waals surface area contributed by atoms with Crippen molar-refractivity contribution in [2.75, 3.05) is 5.32 Å². The van der Waals surface area contributed by atoms with Gasteiger partial charge in [0.15, 0.2) is 5.65 Å². The van der Waals surface area contributed by atoms with Gasteiger partial charge in [-0.25, -0.2) is 9.37 Å². The SMILES string of the molecule is CC(=O)Oc1ccccc1C(=O)Nc1cnc2c(C(=O)NCc3ccc(F)cc3)cccn2c1=O. The van der Waals surface area contributed by atoms with E-state index in [1.807, 2.05) is 0 Å². The van der Waals surface area contributed by atoms with Crippen LogP contribution in [-0.4, -0.2) is 27.2 Å². The Morgan fingerprint density at radius 2 is 1.69 bits per heavy atom. The van der Waals surface area contributed by atoms with Gasteiger partial charge in [0.05, 0.1) is 17.3 Å². The van der Waals surface area contributed by atoms with E-state index in [-0.39, 0.29) is 40.6 Å². The third-order valence-electron chi connectivity index (χ3n) is 4.98. The summed E-state index contributed by atoms with van der Waals surface area (Å²) in [6.07, 6.45) is 2.57. The molecule has 2 aromatic heterocycles. The Hall–Kier alpha value is -4.86. The van der Waals surface area contributed by atoms with Gasteiger partial charge in [0.25, 0.3) is 17.4 Å². The number of aromatic nitrogens is 2. The molecule has 0 aliphatic rings. The zero-order valence-electron chi connectivity index (χ0n) is 18.4. The first kappa shape index (κ1) is 23.3. The van der Waals surface area contributed by atoms with E-state index in [0.717, 1.165) is 10.6 Å². The zero-order chi connectivity index (χ0) is 24.9. The van der Waals surface area contributed by atoms with Gasteiger partial charge in [-0.1, -0.05) is 24.3 Å². The van der Waals surface area contributed by atoms with Crippen LogP contribution >= 0.6 is 0 Å². The number of hydrogen-bond donors (Lipinski definition) is 2. The van der Waals surface area contributed by atoms with Crippen LogP contribution in [0.15, 0.2) is 77.9 Å². The van der Waals surface area contributed by atoms with Crippen LogP contribution in [0.3, 0.4) is 0 Å². The smallest absolute Gasteiger partial charge is 0.308 e. The minimum Gasteiger partial charge on any atom is -0.426 e. The molecule has 0 bridgehead atoms. The average molecular weight is 474 g/mol. The van der Waals surface area contributed by atoms with Gasteiger partial charge in [0.2, 0.25) is 0 Å². The van der Waals surface area contributed by atoms with Gasteiger partial charge < -0.3 is 15.4 Å². The van der Waals surface area contributed by atoms with Crippen LogP contribution in [0, 0.1) is 5.82 Å². The quantitative estimate of drug-likeness (QED) is 0.328. The van der Waals surface area contributed by atoms with Crippen molar-refractivity contribution in [1.82, 2.24) is 14.7 Å². The molecule has 0 unspecified atom stereocenters. The lowest BCUT2D eigenvalue weighted by Crippen LogP contribution is -2.27. The molecule has 0 fully saturated rings. The Morgan fingerprint density at radius 1 is 0.971 bits per heavy atom. The topological polar surface area (TPSA) is 119 Å². The summed E-state index contributed by atoms with van der Waals surface area (Å²) in [7, 11) is 0. The van der Waals surface area contributed by atoms with Gasteiger partial charge in [0, 0.05) is 19.7 Å². The number of amides is 2. The van der Waals surface area contributed by atoms with E-state index in [1.54, 1.807) is 24.3 Å². The molecule has 0 saturated carbocycles. The molecule has 176 valence electrons. The van der Waals surface area contributed by atoms with Crippen LogP contribution in [0.4, 0.5) is 10.1 Å². The maximum absolute atomic E-state index is 13.1. The van der Waals surface area contributed by atoms with E-state index in [1.165, 1.54) is 49.5 Å². The lowest BCUT2D eigenvalue weighted by molar-refractivity contribution is -0.131. The summed E-state index contributed by atoms with van der Waals surface area (Å²) in [6.45, 7) is 1.36. The fourth-order valence-corrected chi connectivity index (χ4v) is 3.34. The fourth-order valence-electron chi connectivity index (χ4n) is 3.34. The highest BCUT2D eigenvalue weighted by atomic mass is 19.1. The molecule has 0 aliphatic carbocycles. The van der Waals surface area contributed by atoms with Crippen molar-refractivity contribution in [2.45, 2.75) is 13.5 Å². The molecule has 0 spiro atoms. The Labute approximate surface area is 198 Å². The Kier molecular flexibility index (Phi) is 6.63. The molecule has 10 heteroatoms. The predicted molar refractivity (Wildman–Crippen MR) is 125 cm³/mol. The first-order valence-corrected chi connectivity index (χ1v) is 10.5. The Morgan fingerprint density at radius 3 is 2.43 bits per heavy atom. The largest absolute Gasteiger partial charge is 0.426 e. The predicted octanol–water partition coefficient (Wildman–Crippen LogP) is 2.94. The second-order valence-electron chi connectivity index (χ2n) is 7.45. The van der Waals surface area contributed by atoms with Crippen molar-refractivity contribution in [3.63, 3.8) is 0 Å². The molecule has 0 atom stereocenters. The normalized spacial score (nSPS) is 10.6. The Balaban J connectivity index is 1.58. The number of nitrogens with zero attached hydrogens (tertiary/aromatic N) is 2. The minimum absolute atomic E-state index is 0.0477. The molecule has 2 heterocycles. The first-order chi connectivity index (χ1) is 16.8. The summed E-state index contributed by atoms with van der Waals surface area (Å²) in [6, 6.07) is 14.8. The van der Waals surface area contributed by atoms with Crippen molar-refractivity contribution in [3.8, 4) is 5.75 Å². The van der Waals surface area contributed by atoms with Crippen molar-refractivity contribution < 1.29 is 23.5 Å². The molecule has 4 rings (SSSR count). The number of carbonyl (C=O) groups excluding carboxylic acids is 3. The number of pyridine rings is 1. The summed E-state index contributed by atoms with van der Waals surface area (Å²) in [5.41, 5.74) is 0.248. The number of anilines is 1. The molecule has 2 N–H and O–H groups in total. The summed E-state index contributed by atoms with van der Waals surface area (Å²) in [5.74, 6) is -2.08. The lowest BCUT2D eigenvalue weighted by atomic mass is 10.2. The number of para-hydroxylation sites is 1. The van der Waals surface area contributed by atoms with Gasteiger partial charge >= 0.3 is 5.97 Å². The highest BCUT2D eigenvalue weighted by Gasteiger charge is 2.18. The van der Waals surface area contributed by atoms with Gasteiger partial charge in [0.1, 0.15) is 17.3 Å². The molecular weight excluding hydrogens is 455 g/mol. The van der Waals surface area contributed by atoms with Crippen LogP contribution in [0.25, 0.3) is 5.65 Å². The Bertz CT molecular complexity index is 1500. The van der Waals surface area contributed by atoms with Crippen LogP contribution in [0.2, 0.25) is 0 Å². The number of ether oxygens (including phenoxy) is 1. The monoisotopic (exact) mass is 474 g/mol. The van der Waals surface area contributed by atoms with Gasteiger partial charge in [-0.15, -0.1) is 0 Å². The molecule has 4 aromatic rings. The highest BCUT2D eigenvalue weighted by Crippen LogP contribution is 2.19. The van der Waals surface area contributed by atoms with Gasteiger partial charge in [-0.2, -0.15) is 0 Å². The third kappa shape index (κ3) is 5.22. The minimum atomic E-state index is -0.672. The van der Waals surface area contributed by atoms with E-state index >= 15 is 0 Å². The lowest BCUT2D eigenvalue weighted by Gasteiger charge is -2.11. The van der Waals surface area contributed by atoms with Crippen LogP contribution in [-0.2, 0) is 11.3 Å². The summed E-state index contributed by atoms with van der Waals surface area (Å²) in [4.78, 5) is 54.0. The van der Waals surface area contributed by atoms with Crippen molar-refractivity contribution in [3.05, 3.63) is 106 Å². The first-order valence-electron chi connectivity index (χ1n) is 10.5. The molecule has 35 heavy (non-hydrogen) atoms. The molecule has 9 nitrogen and oxygen atoms in total. The second-order valence-corrected chi connectivity index (χ2v) is 7.45. The van der Waals surface area contributed by atoms with Crippen LogP contribution in [0.5, 0.6) is 5.75 Å². The molecule has 2 aromatic carbocycles. The molecule has 0 aliphatic heterocycles. The van der Waals surface area contributed by atoms with E-state index < -0.39 is 23.3 Å². The molecular formula is C25H19FN4O5. The summed E-state index contributed by atoms with van der Waals surface area (Å²) in [5, 5.41) is 5.18. The third-order valence-corrected chi connectivity index (χ3v) is 4.98. The number of nitrogens with one attached hydrogen (secondary N) is 2. The number of esters is 1.